The Labute approximate surface area is 144 Å². The van der Waals surface area contributed by atoms with Crippen LogP contribution in [0.25, 0.3) is 0 Å². The highest BCUT2D eigenvalue weighted by Crippen LogP contribution is 2.66. The van der Waals surface area contributed by atoms with Crippen molar-refractivity contribution < 1.29 is 30.0 Å². The van der Waals surface area contributed by atoms with E-state index in [0.29, 0.717) is 12.8 Å². The zero-order valence-corrected chi connectivity index (χ0v) is 13.8. The van der Waals surface area contributed by atoms with E-state index in [-0.39, 0.29) is 23.3 Å². The summed E-state index contributed by atoms with van der Waals surface area (Å²) in [6.45, 7) is 1.88. The molecule has 0 unspecified atom stereocenters. The van der Waals surface area contributed by atoms with Gasteiger partial charge in [0, 0.05) is 0 Å². The largest absolute Gasteiger partial charge is 0.507 e. The van der Waals surface area contributed by atoms with Crippen LogP contribution in [0.4, 0.5) is 0 Å². The van der Waals surface area contributed by atoms with Crippen LogP contribution in [0.2, 0.25) is 0 Å². The summed E-state index contributed by atoms with van der Waals surface area (Å²) in [5.41, 5.74) is -3.69. The van der Waals surface area contributed by atoms with Gasteiger partial charge in [0.15, 0.2) is 5.60 Å². The first-order chi connectivity index (χ1) is 11.7. The number of phenolic OH excluding ortho intramolecular Hbond substituents is 1. The molecule has 0 aromatic heterocycles. The van der Waals surface area contributed by atoms with Gasteiger partial charge >= 0.3 is 0 Å². The fraction of sp³-hybridized carbons (Fsp3) is 0.526. The molecule has 0 radical (unpaired) electrons. The van der Waals surface area contributed by atoms with Gasteiger partial charge in [0.2, 0.25) is 5.78 Å². The Bertz CT molecular complexity index is 846. The number of aliphatic hydroxyl groups is 3. The minimum atomic E-state index is -1.93. The van der Waals surface area contributed by atoms with Gasteiger partial charge in [0.05, 0.1) is 23.2 Å². The van der Waals surface area contributed by atoms with E-state index in [0.717, 1.165) is 5.57 Å². The smallest absolute Gasteiger partial charge is 0.201 e. The van der Waals surface area contributed by atoms with Crippen LogP contribution in [0, 0.1) is 5.92 Å². The molecular formula is C19H20O6. The van der Waals surface area contributed by atoms with E-state index in [1.54, 1.807) is 0 Å². The Morgan fingerprint density at radius 1 is 1.24 bits per heavy atom. The second-order valence-electron chi connectivity index (χ2n) is 7.98. The minimum Gasteiger partial charge on any atom is -0.507 e. The van der Waals surface area contributed by atoms with Gasteiger partial charge in [0.25, 0.3) is 0 Å². The third-order valence-electron chi connectivity index (χ3n) is 6.69. The van der Waals surface area contributed by atoms with E-state index in [9.17, 15) is 25.2 Å². The lowest BCUT2D eigenvalue weighted by molar-refractivity contribution is -0.223. The molecule has 1 aromatic rings. The second kappa shape index (κ2) is 4.32. The minimum absolute atomic E-state index is 0.00413. The summed E-state index contributed by atoms with van der Waals surface area (Å²) in [5, 5.41) is 44.1. The third-order valence-corrected chi connectivity index (χ3v) is 6.69. The fourth-order valence-corrected chi connectivity index (χ4v) is 5.78. The second-order valence-corrected chi connectivity index (χ2v) is 7.98. The number of benzene rings is 1. The number of Topliss-reactive ketones (excluding diaryl/α,β-unsaturated/α-hetero) is 1. The lowest BCUT2D eigenvalue weighted by Gasteiger charge is -2.56. The zero-order valence-electron chi connectivity index (χ0n) is 13.8. The van der Waals surface area contributed by atoms with Crippen LogP contribution in [-0.2, 0) is 4.74 Å². The summed E-state index contributed by atoms with van der Waals surface area (Å²) in [6.07, 6.45) is 0.514. The van der Waals surface area contributed by atoms with Gasteiger partial charge in [0.1, 0.15) is 17.5 Å². The number of carbonyl (C=O) groups excluding carboxylic acids is 1. The van der Waals surface area contributed by atoms with E-state index in [2.05, 4.69) is 0 Å². The van der Waals surface area contributed by atoms with Crippen molar-refractivity contribution in [2.24, 2.45) is 5.92 Å². The third kappa shape index (κ3) is 1.49. The van der Waals surface area contributed by atoms with E-state index in [4.69, 9.17) is 4.74 Å². The number of ether oxygens (including phenoxy) is 1. The van der Waals surface area contributed by atoms with Gasteiger partial charge in [-0.1, -0.05) is 23.8 Å². The molecule has 6 atom stereocenters. The van der Waals surface area contributed by atoms with Crippen molar-refractivity contribution in [3.63, 3.8) is 0 Å². The summed E-state index contributed by atoms with van der Waals surface area (Å²) in [7, 11) is 0. The van der Waals surface area contributed by atoms with Gasteiger partial charge in [-0.15, -0.1) is 0 Å². The molecule has 2 bridgehead atoms. The number of aromatic hydroxyl groups is 1. The molecule has 6 heteroatoms. The maximum Gasteiger partial charge on any atom is 0.201 e. The van der Waals surface area contributed by atoms with Crippen molar-refractivity contribution in [1.82, 2.24) is 0 Å². The topological polar surface area (TPSA) is 107 Å². The van der Waals surface area contributed by atoms with Gasteiger partial charge in [-0.2, -0.15) is 0 Å². The highest BCUT2D eigenvalue weighted by Gasteiger charge is 2.80. The molecule has 6 nitrogen and oxygen atoms in total. The maximum atomic E-state index is 13.3. The van der Waals surface area contributed by atoms with Crippen molar-refractivity contribution in [2.75, 3.05) is 0 Å². The zero-order chi connectivity index (χ0) is 17.8. The van der Waals surface area contributed by atoms with Crippen molar-refractivity contribution in [1.29, 1.82) is 0 Å². The maximum absolute atomic E-state index is 13.3. The molecule has 1 heterocycles. The van der Waals surface area contributed by atoms with Crippen LogP contribution < -0.4 is 0 Å². The molecule has 5 rings (SSSR count). The number of aliphatic hydroxyl groups excluding tert-OH is 1. The first kappa shape index (κ1) is 15.5. The molecule has 1 saturated carbocycles. The van der Waals surface area contributed by atoms with Crippen LogP contribution >= 0.6 is 0 Å². The summed E-state index contributed by atoms with van der Waals surface area (Å²) in [6, 6.07) is 4.43. The summed E-state index contributed by atoms with van der Waals surface area (Å²) < 4.78 is 6.07. The van der Waals surface area contributed by atoms with E-state index in [1.165, 1.54) is 18.2 Å². The lowest BCUT2D eigenvalue weighted by atomic mass is 9.51. The van der Waals surface area contributed by atoms with Crippen LogP contribution in [0.1, 0.15) is 48.2 Å². The molecule has 25 heavy (non-hydrogen) atoms. The van der Waals surface area contributed by atoms with Gasteiger partial charge in [-0.05, 0) is 37.8 Å². The molecule has 1 aliphatic heterocycles. The summed E-state index contributed by atoms with van der Waals surface area (Å²) in [5.74, 6) is -1.55. The predicted molar refractivity (Wildman–Crippen MR) is 86.0 cm³/mol. The average molecular weight is 344 g/mol. The molecule has 0 spiro atoms. The Balaban J connectivity index is 1.81. The SMILES string of the molecule is CC1=C[C@@H]2O[C@]34CC[C@](O)(C1)[C@H]2[C@]3(O)[C@@H](O)c1cccc(O)c1C4=O. The molecule has 4 aliphatic rings. The average Bonchev–Trinajstić information content (AvgIpc) is 2.76. The van der Waals surface area contributed by atoms with Crippen LogP contribution in [0.5, 0.6) is 5.75 Å². The van der Waals surface area contributed by atoms with E-state index in [1.807, 2.05) is 13.0 Å². The van der Waals surface area contributed by atoms with Gasteiger partial charge < -0.3 is 25.2 Å². The van der Waals surface area contributed by atoms with Crippen molar-refractivity contribution in [2.45, 2.75) is 55.2 Å². The number of phenols is 1. The highest BCUT2D eigenvalue weighted by atomic mass is 16.6. The van der Waals surface area contributed by atoms with Crippen LogP contribution in [-0.4, -0.2) is 49.1 Å². The van der Waals surface area contributed by atoms with Gasteiger partial charge in [-0.3, -0.25) is 4.79 Å². The first-order valence-electron chi connectivity index (χ1n) is 8.59. The highest BCUT2D eigenvalue weighted by molar-refractivity contribution is 6.08. The predicted octanol–water partition coefficient (Wildman–Crippen LogP) is 0.982. The van der Waals surface area contributed by atoms with Crippen molar-refractivity contribution >= 4 is 5.78 Å². The Morgan fingerprint density at radius 2 is 2.00 bits per heavy atom. The summed E-state index contributed by atoms with van der Waals surface area (Å²) >= 11 is 0. The molecule has 0 amide bonds. The molecule has 132 valence electrons. The standard InChI is InChI=1S/C19H20O6/c1-9-7-12-14-17(23,8-9)5-6-18(25-12)16(22)13-10(3-2-4-11(13)20)15(21)19(14,18)24/h2-4,7,12,14-15,20-21,23-24H,5-6,8H2,1H3/t12-,14-,15-,17-,18-,19-/m0/s1. The molecule has 2 fully saturated rings. The molecular weight excluding hydrogens is 324 g/mol. The van der Waals surface area contributed by atoms with E-state index >= 15 is 0 Å². The fourth-order valence-electron chi connectivity index (χ4n) is 5.78. The number of hydrogen-bond acceptors (Lipinski definition) is 6. The molecule has 3 aliphatic carbocycles. The number of ketones is 1. The Hall–Kier alpha value is -1.73. The van der Waals surface area contributed by atoms with Gasteiger partial charge in [-0.25, -0.2) is 0 Å². The van der Waals surface area contributed by atoms with Crippen molar-refractivity contribution in [3.05, 3.63) is 41.0 Å². The van der Waals surface area contributed by atoms with Crippen molar-refractivity contribution in [3.8, 4) is 5.75 Å². The van der Waals surface area contributed by atoms with Crippen LogP contribution in [0.3, 0.4) is 0 Å². The number of rotatable bonds is 0. The number of hydrogen-bond donors (Lipinski definition) is 4. The lowest BCUT2D eigenvalue weighted by Crippen LogP contribution is -2.71. The number of carbonyl (C=O) groups is 1. The van der Waals surface area contributed by atoms with E-state index < -0.39 is 40.7 Å². The van der Waals surface area contributed by atoms with Crippen LogP contribution in [0.15, 0.2) is 29.8 Å². The normalized spacial score (nSPS) is 47.1. The first-order valence-corrected chi connectivity index (χ1v) is 8.59. The number of fused-ring (bicyclic) bond motifs is 1. The summed E-state index contributed by atoms with van der Waals surface area (Å²) in [4.78, 5) is 13.3. The quantitative estimate of drug-likeness (QED) is 0.523. The Morgan fingerprint density at radius 3 is 2.76 bits per heavy atom. The molecule has 4 N–H and O–H groups in total. The Kier molecular flexibility index (Phi) is 2.68. The molecule has 1 aromatic carbocycles. The molecule has 1 saturated heterocycles. The monoisotopic (exact) mass is 344 g/mol.